The maximum absolute atomic E-state index is 10.6. The summed E-state index contributed by atoms with van der Waals surface area (Å²) in [5, 5.41) is 11.8. The molecule has 6 nitrogen and oxygen atoms in total. The Morgan fingerprint density at radius 1 is 1.48 bits per heavy atom. The normalized spacial score (nSPS) is 9.91. The highest BCUT2D eigenvalue weighted by Crippen LogP contribution is 2.24. The van der Waals surface area contributed by atoms with Gasteiger partial charge in [0.05, 0.1) is 10.7 Å². The Hall–Kier alpha value is -2.59. The number of halogens is 1. The van der Waals surface area contributed by atoms with Gasteiger partial charge in [0, 0.05) is 12.1 Å². The van der Waals surface area contributed by atoms with Gasteiger partial charge >= 0.3 is 5.97 Å². The largest absolute Gasteiger partial charge is 0.481 e. The van der Waals surface area contributed by atoms with E-state index in [2.05, 4.69) is 37.1 Å². The molecule has 0 aliphatic carbocycles. The Kier molecular flexibility index (Phi) is 5.94. The molecule has 0 radical (unpaired) electrons. The van der Waals surface area contributed by atoms with Crippen molar-refractivity contribution in [3.63, 3.8) is 0 Å². The number of hydrogen-bond acceptors (Lipinski definition) is 5. The van der Waals surface area contributed by atoms with Crippen molar-refractivity contribution in [2.45, 2.75) is 12.8 Å². The van der Waals surface area contributed by atoms with Gasteiger partial charge in [-0.3, -0.25) is 4.79 Å². The lowest BCUT2D eigenvalue weighted by Crippen LogP contribution is -2.03. The third-order valence-corrected chi connectivity index (χ3v) is 3.36. The average Bonchev–Trinajstić information content (AvgIpc) is 2.54. The summed E-state index contributed by atoms with van der Waals surface area (Å²) in [5.74, 6) is 2.25. The zero-order chi connectivity index (χ0) is 16.7. The summed E-state index contributed by atoms with van der Waals surface area (Å²) in [6.45, 7) is 0.111. The highest BCUT2D eigenvalue weighted by atomic mass is 79.9. The van der Waals surface area contributed by atoms with Gasteiger partial charge in [-0.25, -0.2) is 4.98 Å². The molecule has 0 saturated heterocycles. The van der Waals surface area contributed by atoms with Crippen molar-refractivity contribution < 1.29 is 14.6 Å². The van der Waals surface area contributed by atoms with Crippen molar-refractivity contribution in [3.05, 3.63) is 40.5 Å². The highest BCUT2D eigenvalue weighted by molar-refractivity contribution is 9.10. The van der Waals surface area contributed by atoms with Crippen LogP contribution in [0.15, 0.2) is 34.9 Å². The van der Waals surface area contributed by atoms with Crippen LogP contribution in [-0.4, -0.2) is 27.7 Å². The Bertz CT molecular complexity index is 744. The van der Waals surface area contributed by atoms with E-state index >= 15 is 0 Å². The zero-order valence-corrected chi connectivity index (χ0v) is 13.7. The zero-order valence-electron chi connectivity index (χ0n) is 12.1. The van der Waals surface area contributed by atoms with Crippen molar-refractivity contribution in [2.75, 3.05) is 11.9 Å². The van der Waals surface area contributed by atoms with E-state index in [0.29, 0.717) is 22.7 Å². The second kappa shape index (κ2) is 8.15. The van der Waals surface area contributed by atoms with Crippen molar-refractivity contribution in [1.29, 1.82) is 0 Å². The number of aliphatic carboxylic acids is 1. The monoisotopic (exact) mass is 375 g/mol. The molecule has 0 saturated carbocycles. The van der Waals surface area contributed by atoms with Crippen LogP contribution in [0.4, 0.5) is 11.6 Å². The highest BCUT2D eigenvalue weighted by Gasteiger charge is 2.07. The number of aryl methyl sites for hydroxylation is 1. The van der Waals surface area contributed by atoms with Gasteiger partial charge in [0.2, 0.25) is 11.8 Å². The standard InChI is InChI=1S/C16H14BrN3O3/c1-2-8-23-15-13(17)10-18-16(20-15)19-12-5-3-4-11(9-12)6-7-14(21)22/h1,3-5,9-10H,6-8H2,(H,21,22)(H,18,19,20). The van der Waals surface area contributed by atoms with E-state index in [1.807, 2.05) is 24.3 Å². The molecule has 2 rings (SSSR count). The number of hydrogen-bond donors (Lipinski definition) is 2. The smallest absolute Gasteiger partial charge is 0.303 e. The first kappa shape index (κ1) is 16.8. The minimum atomic E-state index is -0.824. The van der Waals surface area contributed by atoms with Crippen LogP contribution in [0.1, 0.15) is 12.0 Å². The van der Waals surface area contributed by atoms with Gasteiger partial charge in [0.15, 0.2) is 6.61 Å². The quantitative estimate of drug-likeness (QED) is 0.723. The summed E-state index contributed by atoms with van der Waals surface area (Å²) in [6, 6.07) is 7.42. The van der Waals surface area contributed by atoms with Gasteiger partial charge < -0.3 is 15.2 Å². The first-order chi connectivity index (χ1) is 11.1. The minimum absolute atomic E-state index is 0.0856. The predicted octanol–water partition coefficient (Wildman–Crippen LogP) is 3.01. The van der Waals surface area contributed by atoms with Crippen molar-refractivity contribution >= 4 is 33.5 Å². The van der Waals surface area contributed by atoms with E-state index < -0.39 is 5.97 Å². The van der Waals surface area contributed by atoms with Crippen LogP contribution >= 0.6 is 15.9 Å². The Balaban J connectivity index is 2.11. The summed E-state index contributed by atoms with van der Waals surface area (Å²) in [6.07, 6.45) is 7.27. The third-order valence-electron chi connectivity index (χ3n) is 2.81. The lowest BCUT2D eigenvalue weighted by atomic mass is 10.1. The topological polar surface area (TPSA) is 84.3 Å². The molecule has 1 heterocycles. The number of ether oxygens (including phenoxy) is 1. The molecule has 2 aromatic rings. The van der Waals surface area contributed by atoms with Gasteiger partial charge in [-0.1, -0.05) is 18.1 Å². The third kappa shape index (κ3) is 5.27. The lowest BCUT2D eigenvalue weighted by molar-refractivity contribution is -0.136. The van der Waals surface area contributed by atoms with Gasteiger partial charge in [-0.2, -0.15) is 4.98 Å². The molecule has 0 atom stereocenters. The maximum Gasteiger partial charge on any atom is 0.303 e. The molecule has 0 aliphatic rings. The van der Waals surface area contributed by atoms with E-state index in [-0.39, 0.29) is 13.0 Å². The molecule has 118 valence electrons. The Morgan fingerprint density at radius 2 is 2.30 bits per heavy atom. The van der Waals surface area contributed by atoms with Crippen LogP contribution in [0.5, 0.6) is 5.88 Å². The fraction of sp³-hybridized carbons (Fsp3) is 0.188. The Morgan fingerprint density at radius 3 is 3.04 bits per heavy atom. The second-order valence-electron chi connectivity index (χ2n) is 4.56. The van der Waals surface area contributed by atoms with Gasteiger partial charge in [-0.15, -0.1) is 6.42 Å². The van der Waals surface area contributed by atoms with Gasteiger partial charge in [0.25, 0.3) is 0 Å². The van der Waals surface area contributed by atoms with E-state index in [9.17, 15) is 4.79 Å². The van der Waals surface area contributed by atoms with Crippen LogP contribution < -0.4 is 10.1 Å². The number of nitrogens with zero attached hydrogens (tertiary/aromatic N) is 2. The van der Waals surface area contributed by atoms with Crippen molar-refractivity contribution in [3.8, 4) is 18.2 Å². The van der Waals surface area contributed by atoms with Gasteiger partial charge in [-0.05, 0) is 40.0 Å². The number of nitrogens with one attached hydrogen (secondary N) is 1. The molecule has 0 amide bonds. The molecule has 1 aromatic carbocycles. The molecule has 2 N–H and O–H groups in total. The summed E-state index contributed by atoms with van der Waals surface area (Å²) in [5.41, 5.74) is 1.68. The summed E-state index contributed by atoms with van der Waals surface area (Å²) in [4.78, 5) is 19.0. The number of aromatic nitrogens is 2. The van der Waals surface area contributed by atoms with Crippen LogP contribution in [-0.2, 0) is 11.2 Å². The summed E-state index contributed by atoms with van der Waals surface area (Å²) < 4.78 is 5.92. The second-order valence-corrected chi connectivity index (χ2v) is 5.41. The van der Waals surface area contributed by atoms with Crippen molar-refractivity contribution in [1.82, 2.24) is 9.97 Å². The molecular formula is C16H14BrN3O3. The molecule has 0 fully saturated rings. The summed E-state index contributed by atoms with van der Waals surface area (Å²) >= 11 is 3.29. The molecule has 0 aliphatic heterocycles. The molecule has 1 aromatic heterocycles. The maximum atomic E-state index is 10.6. The number of benzene rings is 1. The number of carbonyl (C=O) groups is 1. The minimum Gasteiger partial charge on any atom is -0.481 e. The van der Waals surface area contributed by atoms with E-state index in [0.717, 1.165) is 11.3 Å². The molecular weight excluding hydrogens is 362 g/mol. The number of anilines is 2. The molecule has 0 unspecified atom stereocenters. The fourth-order valence-corrected chi connectivity index (χ4v) is 2.11. The number of carboxylic acid groups (broad SMARTS) is 1. The number of carboxylic acids is 1. The first-order valence-corrected chi connectivity index (χ1v) is 7.54. The fourth-order valence-electron chi connectivity index (χ4n) is 1.81. The van der Waals surface area contributed by atoms with Crippen molar-refractivity contribution in [2.24, 2.45) is 0 Å². The number of terminal acetylenes is 1. The van der Waals surface area contributed by atoms with Crippen LogP contribution in [0.25, 0.3) is 0 Å². The number of rotatable bonds is 7. The molecule has 0 bridgehead atoms. The van der Waals surface area contributed by atoms with E-state index in [1.54, 1.807) is 6.20 Å². The molecule has 23 heavy (non-hydrogen) atoms. The van der Waals surface area contributed by atoms with Crippen LogP contribution in [0.3, 0.4) is 0 Å². The SMILES string of the molecule is C#CCOc1nc(Nc2cccc(CCC(=O)O)c2)ncc1Br. The van der Waals surface area contributed by atoms with E-state index in [1.165, 1.54) is 0 Å². The van der Waals surface area contributed by atoms with Crippen LogP contribution in [0.2, 0.25) is 0 Å². The predicted molar refractivity (Wildman–Crippen MR) is 89.7 cm³/mol. The molecule has 0 spiro atoms. The average molecular weight is 376 g/mol. The van der Waals surface area contributed by atoms with E-state index in [4.69, 9.17) is 16.3 Å². The summed E-state index contributed by atoms with van der Waals surface area (Å²) in [7, 11) is 0. The lowest BCUT2D eigenvalue weighted by Gasteiger charge is -2.09. The van der Waals surface area contributed by atoms with Crippen LogP contribution in [0, 0.1) is 12.3 Å². The first-order valence-electron chi connectivity index (χ1n) is 6.75. The molecule has 7 heteroatoms. The van der Waals surface area contributed by atoms with Gasteiger partial charge in [0.1, 0.15) is 0 Å². The Labute approximate surface area is 142 Å².